The van der Waals surface area contributed by atoms with E-state index in [-0.39, 0.29) is 0 Å². The second-order valence-electron chi connectivity index (χ2n) is 4.82. The molecule has 1 aliphatic rings. The number of amides is 1. The largest absolute Gasteiger partial charge is 0.463 e. The molecule has 5 nitrogen and oxygen atoms in total. The maximum absolute atomic E-state index is 11.8. The summed E-state index contributed by atoms with van der Waals surface area (Å²) in [4.78, 5) is 36.1. The van der Waals surface area contributed by atoms with Gasteiger partial charge >= 0.3 is 5.97 Å². The number of nitrogens with zero attached hydrogens (tertiary/aromatic N) is 1. The quantitative estimate of drug-likeness (QED) is 0.360. The summed E-state index contributed by atoms with van der Waals surface area (Å²) in [6, 6.07) is 5.05. The van der Waals surface area contributed by atoms with Crippen LogP contribution in [0.2, 0.25) is 0 Å². The highest BCUT2D eigenvalue weighted by molar-refractivity contribution is 6.52. The van der Waals surface area contributed by atoms with Crippen LogP contribution in [0, 0.1) is 0 Å². The molecule has 0 radical (unpaired) electrons. The zero-order valence-electron chi connectivity index (χ0n) is 12.1. The van der Waals surface area contributed by atoms with Gasteiger partial charge in [0.2, 0.25) is 0 Å². The van der Waals surface area contributed by atoms with Gasteiger partial charge in [0.1, 0.15) is 0 Å². The first-order valence-electron chi connectivity index (χ1n) is 6.86. The predicted molar refractivity (Wildman–Crippen MR) is 79.1 cm³/mol. The van der Waals surface area contributed by atoms with Crippen molar-refractivity contribution in [1.82, 2.24) is 0 Å². The van der Waals surface area contributed by atoms with Crippen molar-refractivity contribution in [1.29, 1.82) is 0 Å². The Labute approximate surface area is 123 Å². The minimum atomic E-state index is -0.537. The highest BCUT2D eigenvalue weighted by atomic mass is 16.5. The molecule has 0 spiro atoms. The molecule has 0 unspecified atom stereocenters. The monoisotopic (exact) mass is 287 g/mol. The summed E-state index contributed by atoms with van der Waals surface area (Å²) < 4.78 is 5.00. The van der Waals surface area contributed by atoms with E-state index in [2.05, 4.69) is 0 Å². The van der Waals surface area contributed by atoms with Crippen LogP contribution in [-0.2, 0) is 14.3 Å². The van der Waals surface area contributed by atoms with E-state index in [0.717, 1.165) is 12.8 Å². The van der Waals surface area contributed by atoms with E-state index in [1.807, 2.05) is 6.92 Å². The number of esters is 1. The first kappa shape index (κ1) is 15.0. The summed E-state index contributed by atoms with van der Waals surface area (Å²) in [5.41, 5.74) is 1.63. The normalized spacial score (nSPS) is 13.9. The third kappa shape index (κ3) is 3.18. The summed E-state index contributed by atoms with van der Waals surface area (Å²) in [6.45, 7) is 2.42. The van der Waals surface area contributed by atoms with Crippen LogP contribution in [0.5, 0.6) is 0 Å². The van der Waals surface area contributed by atoms with Gasteiger partial charge in [-0.2, -0.15) is 0 Å². The Morgan fingerprint density at radius 1 is 1.33 bits per heavy atom. The molecule has 0 atom stereocenters. The molecule has 0 N–H and O–H groups in total. The number of hydrogen-bond donors (Lipinski definition) is 0. The van der Waals surface area contributed by atoms with Gasteiger partial charge in [0.25, 0.3) is 11.7 Å². The number of ketones is 1. The molecule has 1 amide bonds. The number of rotatable bonds is 5. The fraction of sp³-hybridized carbons (Fsp3) is 0.312. The lowest BCUT2D eigenvalue weighted by Crippen LogP contribution is -2.24. The van der Waals surface area contributed by atoms with E-state index in [0.29, 0.717) is 23.4 Å². The van der Waals surface area contributed by atoms with Crippen LogP contribution in [0.25, 0.3) is 6.08 Å². The van der Waals surface area contributed by atoms with Crippen molar-refractivity contribution in [3.63, 3.8) is 0 Å². The molecule has 21 heavy (non-hydrogen) atoms. The highest BCUT2D eigenvalue weighted by Gasteiger charge is 2.33. The first-order valence-corrected chi connectivity index (χ1v) is 6.86. The number of Topliss-reactive ketones (excluding diaryl/α,β-unsaturated/α-hetero) is 1. The fourth-order valence-electron chi connectivity index (χ4n) is 2.04. The van der Waals surface area contributed by atoms with Crippen molar-refractivity contribution in [2.75, 3.05) is 18.6 Å². The van der Waals surface area contributed by atoms with Gasteiger partial charge in [0.15, 0.2) is 0 Å². The summed E-state index contributed by atoms with van der Waals surface area (Å²) >= 11 is 0. The van der Waals surface area contributed by atoms with Crippen LogP contribution in [0.15, 0.2) is 24.3 Å². The smallest absolute Gasteiger partial charge is 0.330 e. The zero-order chi connectivity index (χ0) is 15.4. The average Bonchev–Trinajstić information content (AvgIpc) is 2.70. The van der Waals surface area contributed by atoms with Crippen molar-refractivity contribution in [3.05, 3.63) is 35.4 Å². The summed E-state index contributed by atoms with van der Waals surface area (Å²) in [7, 11) is 1.56. The summed E-state index contributed by atoms with van der Waals surface area (Å²) in [5.74, 6) is -1.47. The van der Waals surface area contributed by atoms with Gasteiger partial charge in [0.05, 0.1) is 17.9 Å². The highest BCUT2D eigenvalue weighted by Crippen LogP contribution is 2.28. The molecular formula is C16H17NO4. The van der Waals surface area contributed by atoms with E-state index in [1.54, 1.807) is 31.3 Å². The number of ether oxygens (including phenoxy) is 1. The molecule has 0 aromatic heterocycles. The van der Waals surface area contributed by atoms with Crippen LogP contribution in [-0.4, -0.2) is 31.3 Å². The lowest BCUT2D eigenvalue weighted by Gasteiger charge is -2.08. The molecule has 1 aromatic carbocycles. The Morgan fingerprint density at radius 3 is 2.81 bits per heavy atom. The molecule has 1 aromatic rings. The summed E-state index contributed by atoms with van der Waals surface area (Å²) in [5, 5.41) is 0. The number of fused-ring (bicyclic) bond motifs is 1. The van der Waals surface area contributed by atoms with Crippen molar-refractivity contribution >= 4 is 29.4 Å². The van der Waals surface area contributed by atoms with Crippen molar-refractivity contribution < 1.29 is 19.1 Å². The van der Waals surface area contributed by atoms with E-state index < -0.39 is 17.7 Å². The molecular weight excluding hydrogens is 270 g/mol. The van der Waals surface area contributed by atoms with Gasteiger partial charge in [-0.3, -0.25) is 9.59 Å². The lowest BCUT2D eigenvalue weighted by molar-refractivity contribution is -0.137. The van der Waals surface area contributed by atoms with Gasteiger partial charge < -0.3 is 9.64 Å². The van der Waals surface area contributed by atoms with Gasteiger partial charge in [-0.05, 0) is 30.2 Å². The van der Waals surface area contributed by atoms with Gasteiger partial charge in [-0.15, -0.1) is 0 Å². The molecule has 1 heterocycles. The van der Waals surface area contributed by atoms with Crippen LogP contribution in [0.4, 0.5) is 5.69 Å². The number of unbranched alkanes of at least 4 members (excludes halogenated alkanes) is 1. The topological polar surface area (TPSA) is 63.7 Å². The predicted octanol–water partition coefficient (Wildman–Crippen LogP) is 2.20. The maximum atomic E-state index is 11.8. The number of carbonyl (C=O) groups is 3. The maximum Gasteiger partial charge on any atom is 0.330 e. The molecule has 0 fully saturated rings. The molecule has 5 heteroatoms. The Balaban J connectivity index is 2.08. The Hall–Kier alpha value is -2.43. The molecule has 1 aliphatic heterocycles. The van der Waals surface area contributed by atoms with Crippen molar-refractivity contribution in [3.8, 4) is 0 Å². The third-order valence-electron chi connectivity index (χ3n) is 3.28. The molecule has 110 valence electrons. The standard InChI is InChI=1S/C16H17NO4/c1-3-4-9-21-14(18)8-6-11-5-7-13-12(10-11)15(19)16(20)17(13)2/h5-8,10H,3-4,9H2,1-2H3/b8-6+. The number of anilines is 1. The molecule has 0 saturated carbocycles. The molecule has 2 rings (SSSR count). The molecule has 0 aliphatic carbocycles. The number of likely N-dealkylation sites (N-methyl/N-ethyl adjacent to an activating group) is 1. The van der Waals surface area contributed by atoms with E-state index in [9.17, 15) is 14.4 Å². The minimum Gasteiger partial charge on any atom is -0.463 e. The van der Waals surface area contributed by atoms with E-state index in [4.69, 9.17) is 4.74 Å². The molecule has 0 bridgehead atoms. The number of hydrogen-bond acceptors (Lipinski definition) is 4. The van der Waals surface area contributed by atoms with Gasteiger partial charge in [0, 0.05) is 13.1 Å². The summed E-state index contributed by atoms with van der Waals surface area (Å²) in [6.07, 6.45) is 4.69. The minimum absolute atomic E-state index is 0.365. The van der Waals surface area contributed by atoms with E-state index in [1.165, 1.54) is 11.0 Å². The fourth-order valence-corrected chi connectivity index (χ4v) is 2.04. The number of benzene rings is 1. The SMILES string of the molecule is CCCCOC(=O)/C=C/c1ccc2c(c1)C(=O)C(=O)N2C. The van der Waals surface area contributed by atoms with Crippen LogP contribution < -0.4 is 4.90 Å². The lowest BCUT2D eigenvalue weighted by atomic mass is 10.1. The molecule has 0 saturated heterocycles. The van der Waals surface area contributed by atoms with Crippen LogP contribution in [0.3, 0.4) is 0 Å². The Bertz CT molecular complexity index is 619. The second kappa shape index (κ2) is 6.35. The van der Waals surface area contributed by atoms with Crippen LogP contribution >= 0.6 is 0 Å². The zero-order valence-corrected chi connectivity index (χ0v) is 12.1. The van der Waals surface area contributed by atoms with Gasteiger partial charge in [-0.1, -0.05) is 19.4 Å². The Morgan fingerprint density at radius 2 is 2.10 bits per heavy atom. The van der Waals surface area contributed by atoms with E-state index >= 15 is 0 Å². The number of carbonyl (C=O) groups excluding carboxylic acids is 3. The Kier molecular flexibility index (Phi) is 4.52. The van der Waals surface area contributed by atoms with Crippen molar-refractivity contribution in [2.45, 2.75) is 19.8 Å². The van der Waals surface area contributed by atoms with Crippen LogP contribution in [0.1, 0.15) is 35.7 Å². The average molecular weight is 287 g/mol. The first-order chi connectivity index (χ1) is 10.0. The van der Waals surface area contributed by atoms with Gasteiger partial charge in [-0.25, -0.2) is 4.79 Å². The second-order valence-corrected chi connectivity index (χ2v) is 4.82. The van der Waals surface area contributed by atoms with Crippen molar-refractivity contribution in [2.24, 2.45) is 0 Å². The third-order valence-corrected chi connectivity index (χ3v) is 3.28.